The molecule has 0 rings (SSSR count). The fourth-order valence-electron chi connectivity index (χ4n) is 0.881. The van der Waals surface area contributed by atoms with Gasteiger partial charge in [-0.1, -0.05) is 0 Å². The molecule has 2 N–H and O–H groups in total. The van der Waals surface area contributed by atoms with Crippen LogP contribution < -0.4 is 0 Å². The molecule has 0 spiro atoms. The van der Waals surface area contributed by atoms with Gasteiger partial charge in [0.15, 0.2) is 16.0 Å². The summed E-state index contributed by atoms with van der Waals surface area (Å²) < 4.78 is 23.9. The monoisotopic (exact) mass is 224 g/mol. The summed E-state index contributed by atoms with van der Waals surface area (Å²) in [7, 11) is 0. The molecule has 14 heavy (non-hydrogen) atoms. The van der Waals surface area contributed by atoms with Crippen LogP contribution in [-0.2, 0) is 20.6 Å². The van der Waals surface area contributed by atoms with Gasteiger partial charge >= 0.3 is 5.97 Å². The van der Waals surface area contributed by atoms with E-state index in [-0.39, 0.29) is 18.8 Å². The number of carbonyl (C=O) groups is 1. The Morgan fingerprint density at radius 2 is 2.14 bits per heavy atom. The summed E-state index contributed by atoms with van der Waals surface area (Å²) >= 11 is -2.29. The summed E-state index contributed by atoms with van der Waals surface area (Å²) in [6.07, 6.45) is 0.578. The molecule has 2 unspecified atom stereocenters. The van der Waals surface area contributed by atoms with E-state index in [0.29, 0.717) is 13.0 Å². The Morgan fingerprint density at radius 3 is 2.57 bits per heavy atom. The first-order valence-corrected chi connectivity index (χ1v) is 5.49. The molecule has 0 heterocycles. The first-order valence-electron chi connectivity index (χ1n) is 4.39. The van der Waals surface area contributed by atoms with Gasteiger partial charge in [-0.25, -0.2) is 4.21 Å². The molecule has 0 fully saturated rings. The predicted molar refractivity (Wildman–Crippen MR) is 51.9 cm³/mol. The van der Waals surface area contributed by atoms with Crippen molar-refractivity contribution < 1.29 is 23.4 Å². The Balaban J connectivity index is 3.74. The number of carbonyl (C=O) groups excluding carboxylic acids is 1. The van der Waals surface area contributed by atoms with Gasteiger partial charge in [-0.05, 0) is 26.7 Å². The van der Waals surface area contributed by atoms with Gasteiger partial charge in [-0.3, -0.25) is 4.79 Å². The minimum atomic E-state index is -2.29. The maximum atomic E-state index is 10.9. The number of ether oxygens (including phenoxy) is 1. The van der Waals surface area contributed by atoms with Gasteiger partial charge in [0.1, 0.15) is 0 Å². The fourth-order valence-corrected chi connectivity index (χ4v) is 1.20. The Hall–Kier alpha value is -0.460. The number of hydrogen-bond donors (Lipinski definition) is 2. The average Bonchev–Trinajstić information content (AvgIpc) is 2.04. The third-order valence-electron chi connectivity index (χ3n) is 1.70. The molecule has 5 nitrogen and oxygen atoms in total. The highest BCUT2D eigenvalue weighted by Gasteiger charge is 2.27. The molecule has 0 saturated heterocycles. The summed E-state index contributed by atoms with van der Waals surface area (Å²) in [5.41, 5.74) is 0. The van der Waals surface area contributed by atoms with Crippen LogP contribution in [0.15, 0.2) is 0 Å². The standard InChI is InChI=1S/C8H16O5S/c1-3-13-7(9)5-4-6-8(2,10)14(11)12/h10H,3-6H2,1-2H3,(H,11,12). The number of hydrogen-bond acceptors (Lipinski definition) is 4. The zero-order valence-corrected chi connectivity index (χ0v) is 9.17. The van der Waals surface area contributed by atoms with Gasteiger partial charge in [0.25, 0.3) is 0 Å². The highest BCUT2D eigenvalue weighted by atomic mass is 32.2. The van der Waals surface area contributed by atoms with E-state index < -0.39 is 16.0 Å². The van der Waals surface area contributed by atoms with Crippen molar-refractivity contribution in [2.24, 2.45) is 0 Å². The second-order valence-electron chi connectivity index (χ2n) is 3.08. The van der Waals surface area contributed by atoms with Crippen molar-refractivity contribution >= 4 is 17.0 Å². The molecule has 0 aliphatic carbocycles. The van der Waals surface area contributed by atoms with Gasteiger partial charge < -0.3 is 14.4 Å². The molecule has 6 heteroatoms. The Labute approximate surface area is 85.7 Å². The summed E-state index contributed by atoms with van der Waals surface area (Å²) in [5, 5.41) is 9.33. The molecular formula is C8H16O5S. The van der Waals surface area contributed by atoms with Crippen LogP contribution in [0.2, 0.25) is 0 Å². The first kappa shape index (κ1) is 13.5. The van der Waals surface area contributed by atoms with E-state index in [0.717, 1.165) is 0 Å². The normalized spacial score (nSPS) is 17.1. The van der Waals surface area contributed by atoms with Gasteiger partial charge in [-0.2, -0.15) is 0 Å². The molecular weight excluding hydrogens is 208 g/mol. The lowest BCUT2D eigenvalue weighted by atomic mass is 10.2. The quantitative estimate of drug-likeness (QED) is 0.511. The lowest BCUT2D eigenvalue weighted by molar-refractivity contribution is -0.143. The van der Waals surface area contributed by atoms with Crippen LogP contribution in [0, 0.1) is 0 Å². The minimum absolute atomic E-state index is 0.0922. The molecule has 84 valence electrons. The lowest BCUT2D eigenvalue weighted by Gasteiger charge is -2.17. The summed E-state index contributed by atoms with van der Waals surface area (Å²) in [4.78, 5) is 9.21. The van der Waals surface area contributed by atoms with Crippen molar-refractivity contribution in [3.63, 3.8) is 0 Å². The molecule has 2 atom stereocenters. The van der Waals surface area contributed by atoms with Gasteiger partial charge in [-0.15, -0.1) is 0 Å². The van der Waals surface area contributed by atoms with Crippen molar-refractivity contribution in [3.8, 4) is 0 Å². The lowest BCUT2D eigenvalue weighted by Crippen LogP contribution is -2.29. The van der Waals surface area contributed by atoms with Gasteiger partial charge in [0.2, 0.25) is 0 Å². The smallest absolute Gasteiger partial charge is 0.305 e. The van der Waals surface area contributed by atoms with Crippen molar-refractivity contribution in [3.05, 3.63) is 0 Å². The van der Waals surface area contributed by atoms with Crippen LogP contribution in [-0.4, -0.2) is 31.4 Å². The van der Waals surface area contributed by atoms with Crippen molar-refractivity contribution in [2.75, 3.05) is 6.61 Å². The number of rotatable bonds is 6. The second-order valence-corrected chi connectivity index (χ2v) is 4.46. The molecule has 0 amide bonds. The third kappa shape index (κ3) is 5.31. The van der Waals surface area contributed by atoms with Gasteiger partial charge in [0.05, 0.1) is 6.61 Å². The SMILES string of the molecule is CCOC(=O)CCCC(C)(O)S(=O)O. The van der Waals surface area contributed by atoms with E-state index in [1.54, 1.807) is 6.92 Å². The zero-order valence-electron chi connectivity index (χ0n) is 8.36. The molecule has 0 aromatic heterocycles. The summed E-state index contributed by atoms with van der Waals surface area (Å²) in [6, 6.07) is 0. The van der Waals surface area contributed by atoms with E-state index in [9.17, 15) is 14.1 Å². The molecule has 0 aromatic carbocycles. The summed E-state index contributed by atoms with van der Waals surface area (Å²) in [5.74, 6) is -0.355. The predicted octanol–water partition coefficient (Wildman–Crippen LogP) is 0.650. The number of esters is 1. The van der Waals surface area contributed by atoms with Crippen molar-refractivity contribution in [2.45, 2.75) is 38.0 Å². The van der Waals surface area contributed by atoms with Crippen LogP contribution in [0.4, 0.5) is 0 Å². The summed E-state index contributed by atoms with van der Waals surface area (Å²) in [6.45, 7) is 3.28. The Kier molecular flexibility index (Phi) is 5.90. The van der Waals surface area contributed by atoms with Crippen LogP contribution in [0.1, 0.15) is 33.1 Å². The van der Waals surface area contributed by atoms with E-state index in [4.69, 9.17) is 4.55 Å². The van der Waals surface area contributed by atoms with Crippen LogP contribution in [0.3, 0.4) is 0 Å². The Bertz CT molecular complexity index is 214. The largest absolute Gasteiger partial charge is 0.466 e. The van der Waals surface area contributed by atoms with Crippen molar-refractivity contribution in [1.82, 2.24) is 0 Å². The highest BCUT2D eigenvalue weighted by molar-refractivity contribution is 7.80. The van der Waals surface area contributed by atoms with Crippen LogP contribution in [0.5, 0.6) is 0 Å². The number of aliphatic hydroxyl groups is 1. The van der Waals surface area contributed by atoms with E-state index in [2.05, 4.69) is 4.74 Å². The second kappa shape index (κ2) is 6.10. The van der Waals surface area contributed by atoms with Crippen LogP contribution in [0.25, 0.3) is 0 Å². The fraction of sp³-hybridized carbons (Fsp3) is 0.875. The molecule has 0 aliphatic rings. The van der Waals surface area contributed by atoms with E-state index in [1.165, 1.54) is 6.92 Å². The maximum absolute atomic E-state index is 10.9. The van der Waals surface area contributed by atoms with Crippen molar-refractivity contribution in [1.29, 1.82) is 0 Å². The molecule has 0 aromatic rings. The molecule has 0 saturated carbocycles. The van der Waals surface area contributed by atoms with Crippen LogP contribution >= 0.6 is 0 Å². The zero-order chi connectivity index (χ0) is 11.2. The third-order valence-corrected chi connectivity index (χ3v) is 2.66. The van der Waals surface area contributed by atoms with E-state index >= 15 is 0 Å². The topological polar surface area (TPSA) is 83.8 Å². The maximum Gasteiger partial charge on any atom is 0.305 e. The van der Waals surface area contributed by atoms with Gasteiger partial charge in [0, 0.05) is 6.42 Å². The molecule has 0 aliphatic heterocycles. The Morgan fingerprint density at radius 1 is 1.57 bits per heavy atom. The molecule has 0 bridgehead atoms. The average molecular weight is 224 g/mol. The molecule has 0 radical (unpaired) electrons. The first-order chi connectivity index (χ1) is 6.40. The highest BCUT2D eigenvalue weighted by Crippen LogP contribution is 2.16. The minimum Gasteiger partial charge on any atom is -0.466 e. The van der Waals surface area contributed by atoms with E-state index in [1.807, 2.05) is 0 Å².